The predicted molar refractivity (Wildman–Crippen MR) is 83.9 cm³/mol. The van der Waals surface area contributed by atoms with E-state index in [0.717, 1.165) is 36.2 Å². The first-order valence-electron chi connectivity index (χ1n) is 7.20. The number of nitrogens with one attached hydrogen (secondary N) is 1. The minimum absolute atomic E-state index is 0.157. The first-order chi connectivity index (χ1) is 10.3. The van der Waals surface area contributed by atoms with Crippen molar-refractivity contribution in [2.75, 3.05) is 16.8 Å². The van der Waals surface area contributed by atoms with Gasteiger partial charge in [-0.15, -0.1) is 0 Å². The Kier molecular flexibility index (Phi) is 3.77. The topological polar surface area (TPSA) is 52.6 Å². The number of hydrogen-bond acceptors (Lipinski definition) is 2. The summed E-state index contributed by atoms with van der Waals surface area (Å²) >= 11 is 0. The molecule has 0 bridgehead atoms. The summed E-state index contributed by atoms with van der Waals surface area (Å²) in [6.07, 6.45) is 2.70. The fraction of sp³-hybridized carbons (Fsp3) is 0.235. The monoisotopic (exact) mass is 282 g/mol. The number of rotatable bonds is 1. The average Bonchev–Trinajstić information content (AvgIpc) is 2.72. The molecule has 0 aromatic heterocycles. The fourth-order valence-electron chi connectivity index (χ4n) is 2.69. The Balaban J connectivity index is 1.88. The predicted octanol–water partition coefficient (Wildman–Crippen LogP) is 3.77. The molecular formula is C17H18N2O2. The molecule has 0 atom stereocenters. The number of anilines is 2. The zero-order valence-electron chi connectivity index (χ0n) is 11.7. The Morgan fingerprint density at radius 3 is 2.67 bits per heavy atom. The van der Waals surface area contributed by atoms with Crippen LogP contribution in [-0.4, -0.2) is 17.7 Å². The van der Waals surface area contributed by atoms with Gasteiger partial charge in [-0.1, -0.05) is 24.3 Å². The van der Waals surface area contributed by atoms with Crippen molar-refractivity contribution in [2.24, 2.45) is 0 Å². The van der Waals surface area contributed by atoms with E-state index in [1.165, 1.54) is 0 Å². The first kappa shape index (κ1) is 13.5. The SMILES string of the molecule is O=C(Nc1ccccc1)N1CCCCc2c(O)cccc21. The van der Waals surface area contributed by atoms with Crippen LogP contribution in [0.5, 0.6) is 5.75 Å². The largest absolute Gasteiger partial charge is 0.508 e. The molecular weight excluding hydrogens is 264 g/mol. The van der Waals surface area contributed by atoms with Gasteiger partial charge in [0.25, 0.3) is 0 Å². The minimum Gasteiger partial charge on any atom is -0.508 e. The fourth-order valence-corrected chi connectivity index (χ4v) is 2.69. The molecule has 108 valence electrons. The lowest BCUT2D eigenvalue weighted by Crippen LogP contribution is -2.35. The van der Waals surface area contributed by atoms with Crippen LogP contribution >= 0.6 is 0 Å². The zero-order valence-corrected chi connectivity index (χ0v) is 11.7. The molecule has 0 aliphatic carbocycles. The van der Waals surface area contributed by atoms with Gasteiger partial charge in [0.15, 0.2) is 0 Å². The van der Waals surface area contributed by atoms with Crippen molar-refractivity contribution in [1.82, 2.24) is 0 Å². The Bertz CT molecular complexity index is 640. The quantitative estimate of drug-likeness (QED) is 0.836. The molecule has 2 aromatic carbocycles. The normalized spacial score (nSPS) is 14.2. The Labute approximate surface area is 124 Å². The summed E-state index contributed by atoms with van der Waals surface area (Å²) in [5, 5.41) is 12.9. The van der Waals surface area contributed by atoms with Gasteiger partial charge in [0, 0.05) is 17.8 Å². The summed E-state index contributed by atoms with van der Waals surface area (Å²) in [7, 11) is 0. The van der Waals surface area contributed by atoms with Crippen LogP contribution in [0.25, 0.3) is 0 Å². The number of aromatic hydroxyl groups is 1. The first-order valence-corrected chi connectivity index (χ1v) is 7.20. The molecule has 0 fully saturated rings. The Morgan fingerprint density at radius 2 is 1.86 bits per heavy atom. The average molecular weight is 282 g/mol. The molecule has 4 heteroatoms. The van der Waals surface area contributed by atoms with Crippen LogP contribution in [0, 0.1) is 0 Å². The third-order valence-corrected chi connectivity index (χ3v) is 3.75. The van der Waals surface area contributed by atoms with E-state index in [1.54, 1.807) is 17.0 Å². The van der Waals surface area contributed by atoms with Crippen LogP contribution in [0.4, 0.5) is 16.2 Å². The van der Waals surface area contributed by atoms with Crippen molar-refractivity contribution in [2.45, 2.75) is 19.3 Å². The molecule has 2 amide bonds. The number of para-hydroxylation sites is 1. The number of carbonyl (C=O) groups is 1. The van der Waals surface area contributed by atoms with Crippen molar-refractivity contribution in [1.29, 1.82) is 0 Å². The molecule has 21 heavy (non-hydrogen) atoms. The smallest absolute Gasteiger partial charge is 0.326 e. The van der Waals surface area contributed by atoms with Crippen molar-refractivity contribution in [3.8, 4) is 5.75 Å². The highest BCUT2D eigenvalue weighted by molar-refractivity contribution is 6.02. The van der Waals surface area contributed by atoms with E-state index in [9.17, 15) is 9.90 Å². The van der Waals surface area contributed by atoms with E-state index in [4.69, 9.17) is 0 Å². The van der Waals surface area contributed by atoms with E-state index < -0.39 is 0 Å². The maximum Gasteiger partial charge on any atom is 0.326 e. The maximum absolute atomic E-state index is 12.5. The van der Waals surface area contributed by atoms with Gasteiger partial charge in [-0.2, -0.15) is 0 Å². The molecule has 2 N–H and O–H groups in total. The highest BCUT2D eigenvalue weighted by Crippen LogP contribution is 2.33. The lowest BCUT2D eigenvalue weighted by atomic mass is 10.1. The van der Waals surface area contributed by atoms with E-state index in [2.05, 4.69) is 5.32 Å². The lowest BCUT2D eigenvalue weighted by molar-refractivity contribution is 0.257. The minimum atomic E-state index is -0.157. The number of urea groups is 1. The standard InChI is InChI=1S/C17H18N2O2/c20-16-11-6-10-15-14(16)9-4-5-12-19(15)17(21)18-13-7-2-1-3-8-13/h1-3,6-8,10-11,20H,4-5,9,12H2,(H,18,21). The molecule has 0 saturated carbocycles. The second kappa shape index (κ2) is 5.87. The van der Waals surface area contributed by atoms with Crippen molar-refractivity contribution >= 4 is 17.4 Å². The molecule has 3 rings (SSSR count). The van der Waals surface area contributed by atoms with Crippen molar-refractivity contribution < 1.29 is 9.90 Å². The summed E-state index contributed by atoms with van der Waals surface area (Å²) < 4.78 is 0. The van der Waals surface area contributed by atoms with Crippen LogP contribution < -0.4 is 10.2 Å². The number of nitrogens with zero attached hydrogens (tertiary/aromatic N) is 1. The molecule has 4 nitrogen and oxygen atoms in total. The second-order valence-corrected chi connectivity index (χ2v) is 5.18. The van der Waals surface area contributed by atoms with Crippen LogP contribution in [0.3, 0.4) is 0 Å². The lowest BCUT2D eigenvalue weighted by Gasteiger charge is -2.23. The van der Waals surface area contributed by atoms with E-state index in [0.29, 0.717) is 6.54 Å². The Morgan fingerprint density at radius 1 is 1.05 bits per heavy atom. The number of phenols is 1. The number of carbonyl (C=O) groups excluding carboxylic acids is 1. The van der Waals surface area contributed by atoms with E-state index in [1.807, 2.05) is 36.4 Å². The number of benzene rings is 2. The molecule has 1 heterocycles. The summed E-state index contributed by atoms with van der Waals surface area (Å²) in [6.45, 7) is 0.662. The summed E-state index contributed by atoms with van der Waals surface area (Å²) in [5.41, 5.74) is 2.44. The molecule has 2 aromatic rings. The van der Waals surface area contributed by atoms with Crippen molar-refractivity contribution in [3.05, 3.63) is 54.1 Å². The molecule has 0 unspecified atom stereocenters. The summed E-state index contributed by atoms with van der Waals surface area (Å²) in [6, 6.07) is 14.6. The van der Waals surface area contributed by atoms with Gasteiger partial charge in [-0.25, -0.2) is 4.79 Å². The van der Waals surface area contributed by atoms with E-state index >= 15 is 0 Å². The molecule has 1 aliphatic heterocycles. The number of amides is 2. The van der Waals surface area contributed by atoms with Gasteiger partial charge in [0.1, 0.15) is 5.75 Å². The molecule has 0 spiro atoms. The van der Waals surface area contributed by atoms with Crippen LogP contribution in [0.2, 0.25) is 0 Å². The van der Waals surface area contributed by atoms with Crippen molar-refractivity contribution in [3.63, 3.8) is 0 Å². The van der Waals surface area contributed by atoms with Gasteiger partial charge in [-0.3, -0.25) is 4.90 Å². The number of phenolic OH excluding ortho intramolecular Hbond substituents is 1. The summed E-state index contributed by atoms with van der Waals surface area (Å²) in [5.74, 6) is 0.270. The van der Waals surface area contributed by atoms with Gasteiger partial charge < -0.3 is 10.4 Å². The number of fused-ring (bicyclic) bond motifs is 1. The molecule has 0 radical (unpaired) electrons. The van der Waals surface area contributed by atoms with Crippen LogP contribution in [-0.2, 0) is 6.42 Å². The van der Waals surface area contributed by atoms with E-state index in [-0.39, 0.29) is 11.8 Å². The van der Waals surface area contributed by atoms with Gasteiger partial charge >= 0.3 is 6.03 Å². The molecule has 1 aliphatic rings. The second-order valence-electron chi connectivity index (χ2n) is 5.18. The van der Waals surface area contributed by atoms with Gasteiger partial charge in [0.2, 0.25) is 0 Å². The van der Waals surface area contributed by atoms with Crippen LogP contribution in [0.15, 0.2) is 48.5 Å². The third kappa shape index (κ3) is 2.84. The highest BCUT2D eigenvalue weighted by atomic mass is 16.3. The van der Waals surface area contributed by atoms with Crippen LogP contribution in [0.1, 0.15) is 18.4 Å². The summed E-state index contributed by atoms with van der Waals surface area (Å²) in [4.78, 5) is 14.2. The van der Waals surface area contributed by atoms with Gasteiger partial charge in [0.05, 0.1) is 5.69 Å². The van der Waals surface area contributed by atoms with Gasteiger partial charge in [-0.05, 0) is 43.5 Å². The number of hydrogen-bond donors (Lipinski definition) is 2. The zero-order chi connectivity index (χ0) is 14.7. The molecule has 0 saturated heterocycles. The third-order valence-electron chi connectivity index (χ3n) is 3.75. The Hall–Kier alpha value is -2.49. The maximum atomic E-state index is 12.5. The highest BCUT2D eigenvalue weighted by Gasteiger charge is 2.22.